The van der Waals surface area contributed by atoms with E-state index in [9.17, 15) is 9.59 Å². The number of ether oxygens (including phenoxy) is 2. The number of nitrogens with zero attached hydrogens (tertiary/aromatic N) is 4. The van der Waals surface area contributed by atoms with Crippen LogP contribution in [0, 0.1) is 6.92 Å². The molecule has 3 heterocycles. The molecule has 0 spiro atoms. The number of rotatable bonds is 5. The number of fused-ring (bicyclic) bond motifs is 1. The van der Waals surface area contributed by atoms with Gasteiger partial charge in [-0.1, -0.05) is 41.7 Å². The predicted molar refractivity (Wildman–Crippen MR) is 137 cm³/mol. The maximum Gasteiger partial charge on any atom is 0.338 e. The highest BCUT2D eigenvalue weighted by atomic mass is 32.1. The Morgan fingerprint density at radius 1 is 1.08 bits per heavy atom. The highest BCUT2D eigenvalue weighted by molar-refractivity contribution is 7.07. The molecular formula is C27H24N4O4S. The molecule has 1 unspecified atom stereocenters. The van der Waals surface area contributed by atoms with Crippen molar-refractivity contribution in [3.05, 3.63) is 109 Å². The molecule has 4 aromatic rings. The lowest BCUT2D eigenvalue weighted by molar-refractivity contribution is -0.136. The van der Waals surface area contributed by atoms with Crippen LogP contribution in [-0.4, -0.2) is 27.4 Å². The van der Waals surface area contributed by atoms with Crippen LogP contribution in [0.3, 0.4) is 0 Å². The average molecular weight is 501 g/mol. The van der Waals surface area contributed by atoms with Crippen molar-refractivity contribution in [2.24, 2.45) is 12.0 Å². The highest BCUT2D eigenvalue weighted by Crippen LogP contribution is 2.32. The van der Waals surface area contributed by atoms with Crippen LogP contribution in [0.25, 0.3) is 6.08 Å². The lowest BCUT2D eigenvalue weighted by Gasteiger charge is -2.23. The highest BCUT2D eigenvalue weighted by Gasteiger charge is 2.34. The number of aromatic nitrogens is 3. The van der Waals surface area contributed by atoms with Crippen molar-refractivity contribution in [2.75, 3.05) is 7.11 Å². The van der Waals surface area contributed by atoms with E-state index in [4.69, 9.17) is 9.47 Å². The lowest BCUT2D eigenvalue weighted by atomic mass is 9.96. The Bertz CT molecular complexity index is 1680. The second-order valence-electron chi connectivity index (χ2n) is 8.40. The third kappa shape index (κ3) is 4.29. The largest absolute Gasteiger partial charge is 0.466 e. The molecular weight excluding hydrogens is 476 g/mol. The number of allylic oxidation sites excluding steroid dienone is 1. The first-order chi connectivity index (χ1) is 17.4. The van der Waals surface area contributed by atoms with E-state index >= 15 is 0 Å². The van der Waals surface area contributed by atoms with Gasteiger partial charge in [0.2, 0.25) is 0 Å². The third-order valence-electron chi connectivity index (χ3n) is 5.91. The van der Waals surface area contributed by atoms with Crippen molar-refractivity contribution >= 4 is 23.4 Å². The number of methoxy groups -OCH3 is 1. The molecule has 182 valence electrons. The Kier molecular flexibility index (Phi) is 6.15. The number of para-hydroxylation sites is 1. The lowest BCUT2D eigenvalue weighted by Crippen LogP contribution is -2.40. The van der Waals surface area contributed by atoms with Crippen molar-refractivity contribution in [1.82, 2.24) is 14.3 Å². The van der Waals surface area contributed by atoms with Gasteiger partial charge in [0, 0.05) is 18.8 Å². The van der Waals surface area contributed by atoms with Gasteiger partial charge < -0.3 is 9.47 Å². The Morgan fingerprint density at radius 2 is 1.83 bits per heavy atom. The van der Waals surface area contributed by atoms with E-state index in [0.717, 1.165) is 22.6 Å². The summed E-state index contributed by atoms with van der Waals surface area (Å²) >= 11 is 1.28. The monoisotopic (exact) mass is 500 g/mol. The number of thiazole rings is 1. The van der Waals surface area contributed by atoms with Gasteiger partial charge in [0.1, 0.15) is 17.5 Å². The summed E-state index contributed by atoms with van der Waals surface area (Å²) in [4.78, 5) is 31.6. The van der Waals surface area contributed by atoms with Crippen LogP contribution in [-0.2, 0) is 16.6 Å². The molecule has 0 aliphatic carbocycles. The molecule has 0 fully saturated rings. The number of aryl methyl sites for hydroxylation is 2. The van der Waals surface area contributed by atoms with Crippen molar-refractivity contribution < 1.29 is 14.3 Å². The Hall–Kier alpha value is -4.24. The van der Waals surface area contributed by atoms with Crippen molar-refractivity contribution in [3.8, 4) is 11.5 Å². The van der Waals surface area contributed by atoms with E-state index in [1.807, 2.05) is 73.8 Å². The van der Waals surface area contributed by atoms with Crippen LogP contribution >= 0.6 is 11.3 Å². The number of benzene rings is 2. The molecule has 0 N–H and O–H groups in total. The fraction of sp³-hybridized carbons (Fsp3) is 0.185. The van der Waals surface area contributed by atoms with Crippen LogP contribution in [0.5, 0.6) is 11.5 Å². The van der Waals surface area contributed by atoms with Crippen LogP contribution in [0.2, 0.25) is 0 Å². The number of hydrogen-bond acceptors (Lipinski definition) is 7. The minimum absolute atomic E-state index is 0.240. The second kappa shape index (κ2) is 9.43. The van der Waals surface area contributed by atoms with Crippen molar-refractivity contribution in [3.63, 3.8) is 0 Å². The maximum atomic E-state index is 13.7. The molecule has 9 heteroatoms. The van der Waals surface area contributed by atoms with E-state index in [0.29, 0.717) is 26.4 Å². The number of hydrogen-bond donors (Lipinski definition) is 0. The molecule has 0 radical (unpaired) electrons. The normalized spacial score (nSPS) is 15.4. The van der Waals surface area contributed by atoms with E-state index in [1.54, 1.807) is 23.2 Å². The number of esters is 1. The molecule has 0 amide bonds. The molecule has 2 aromatic heterocycles. The number of carbonyl (C=O) groups is 1. The minimum Gasteiger partial charge on any atom is -0.466 e. The Balaban J connectivity index is 1.63. The van der Waals surface area contributed by atoms with Crippen LogP contribution in [0.1, 0.15) is 29.8 Å². The molecule has 0 saturated carbocycles. The quantitative estimate of drug-likeness (QED) is 0.393. The van der Waals surface area contributed by atoms with E-state index in [2.05, 4.69) is 10.1 Å². The zero-order valence-corrected chi connectivity index (χ0v) is 21.1. The van der Waals surface area contributed by atoms with Crippen LogP contribution < -0.4 is 19.6 Å². The zero-order valence-electron chi connectivity index (χ0n) is 20.3. The first-order valence-electron chi connectivity index (χ1n) is 11.3. The van der Waals surface area contributed by atoms with Crippen LogP contribution in [0.15, 0.2) is 81.9 Å². The van der Waals surface area contributed by atoms with Crippen LogP contribution in [0.4, 0.5) is 0 Å². The molecule has 1 atom stereocenters. The smallest absolute Gasteiger partial charge is 0.338 e. The summed E-state index contributed by atoms with van der Waals surface area (Å²) in [7, 11) is 3.13. The van der Waals surface area contributed by atoms with E-state index < -0.39 is 12.0 Å². The fourth-order valence-corrected chi connectivity index (χ4v) is 5.36. The summed E-state index contributed by atoms with van der Waals surface area (Å²) < 4.78 is 14.7. The summed E-state index contributed by atoms with van der Waals surface area (Å²) in [5, 5.41) is 4.43. The molecule has 36 heavy (non-hydrogen) atoms. The van der Waals surface area contributed by atoms with E-state index in [-0.39, 0.29) is 5.56 Å². The van der Waals surface area contributed by atoms with Gasteiger partial charge in [0.15, 0.2) is 4.80 Å². The molecule has 5 rings (SSSR count). The molecule has 0 bridgehead atoms. The summed E-state index contributed by atoms with van der Waals surface area (Å²) in [5.74, 6) is 0.867. The number of carbonyl (C=O) groups excluding carboxylic acids is 1. The molecule has 2 aromatic carbocycles. The van der Waals surface area contributed by atoms with Gasteiger partial charge in [0.25, 0.3) is 5.56 Å². The fourth-order valence-electron chi connectivity index (χ4n) is 4.32. The second-order valence-corrected chi connectivity index (χ2v) is 9.41. The van der Waals surface area contributed by atoms with Gasteiger partial charge >= 0.3 is 5.97 Å². The molecule has 0 saturated heterocycles. The molecule has 8 nitrogen and oxygen atoms in total. The summed E-state index contributed by atoms with van der Waals surface area (Å²) in [6.45, 7) is 3.61. The van der Waals surface area contributed by atoms with Gasteiger partial charge in [-0.15, -0.1) is 0 Å². The zero-order chi connectivity index (χ0) is 25.4. The maximum absolute atomic E-state index is 13.7. The standard InChI is InChI=1S/C27H24N4O4S/c1-16-21(15-30(3)29-16)24-23(26(33)34-4)17(2)28-27-31(24)25(32)22(36-27)14-18-9-8-12-20(13-18)35-19-10-6-5-7-11-19/h5-15,24H,1-4H3/b22-14+. The van der Waals surface area contributed by atoms with Crippen molar-refractivity contribution in [1.29, 1.82) is 0 Å². The summed E-state index contributed by atoms with van der Waals surface area (Å²) in [5.41, 5.74) is 2.88. The topological polar surface area (TPSA) is 87.7 Å². The minimum atomic E-state index is -0.683. The Morgan fingerprint density at radius 3 is 2.53 bits per heavy atom. The van der Waals surface area contributed by atoms with Gasteiger partial charge in [-0.3, -0.25) is 14.0 Å². The predicted octanol–water partition coefficient (Wildman–Crippen LogP) is 3.24. The Labute approximate surface area is 211 Å². The van der Waals surface area contributed by atoms with Gasteiger partial charge in [-0.25, -0.2) is 9.79 Å². The first kappa shape index (κ1) is 23.5. The van der Waals surface area contributed by atoms with Gasteiger partial charge in [-0.05, 0) is 49.8 Å². The SMILES string of the molecule is COC(=O)C1=C(C)N=c2s/c(=C/c3cccc(Oc4ccccc4)c3)c(=O)n2C1c1cn(C)nc1C. The van der Waals surface area contributed by atoms with Gasteiger partial charge in [0.05, 0.1) is 28.6 Å². The molecule has 1 aliphatic heterocycles. The first-order valence-corrected chi connectivity index (χ1v) is 12.1. The van der Waals surface area contributed by atoms with Crippen molar-refractivity contribution in [2.45, 2.75) is 19.9 Å². The van der Waals surface area contributed by atoms with Gasteiger partial charge in [-0.2, -0.15) is 5.10 Å². The third-order valence-corrected chi connectivity index (χ3v) is 6.89. The summed E-state index contributed by atoms with van der Waals surface area (Å²) in [6, 6.07) is 16.3. The average Bonchev–Trinajstić information content (AvgIpc) is 3.35. The summed E-state index contributed by atoms with van der Waals surface area (Å²) in [6.07, 6.45) is 3.63. The van der Waals surface area contributed by atoms with E-state index in [1.165, 1.54) is 18.4 Å². The molecule has 1 aliphatic rings.